The summed E-state index contributed by atoms with van der Waals surface area (Å²) in [5.74, 6) is 0.903. The molecule has 2 rings (SSSR count). The van der Waals surface area contributed by atoms with E-state index in [0.717, 1.165) is 30.2 Å². The Morgan fingerprint density at radius 3 is 2.84 bits per heavy atom. The lowest BCUT2D eigenvalue weighted by atomic mass is 10.2. The zero-order valence-corrected chi connectivity index (χ0v) is 11.5. The van der Waals surface area contributed by atoms with Gasteiger partial charge in [-0.25, -0.2) is 0 Å². The maximum absolute atomic E-state index is 5.63. The van der Waals surface area contributed by atoms with Gasteiger partial charge < -0.3 is 10.1 Å². The molecular weight excluding hydrogens is 236 g/mol. The Balaban J connectivity index is 2.02. The van der Waals surface area contributed by atoms with E-state index >= 15 is 0 Å². The van der Waals surface area contributed by atoms with Gasteiger partial charge in [-0.1, -0.05) is 19.1 Å². The van der Waals surface area contributed by atoms with Gasteiger partial charge in [0, 0.05) is 18.0 Å². The molecule has 1 N–H and O–H groups in total. The van der Waals surface area contributed by atoms with Gasteiger partial charge in [0.1, 0.15) is 5.75 Å². The fraction of sp³-hybridized carbons (Fsp3) is 0.312. The Morgan fingerprint density at radius 1 is 1.21 bits per heavy atom. The normalized spacial score (nSPS) is 11.9. The Bertz CT molecular complexity index is 499. The molecule has 0 aliphatic heterocycles. The van der Waals surface area contributed by atoms with Crippen molar-refractivity contribution in [2.75, 3.05) is 11.9 Å². The lowest BCUT2D eigenvalue weighted by molar-refractivity contribution is 0.317. The minimum Gasteiger partial charge on any atom is -0.494 e. The van der Waals surface area contributed by atoms with Crippen molar-refractivity contribution in [1.82, 2.24) is 4.98 Å². The van der Waals surface area contributed by atoms with Gasteiger partial charge in [-0.05, 0) is 37.6 Å². The third-order valence-corrected chi connectivity index (χ3v) is 2.82. The fourth-order valence-corrected chi connectivity index (χ4v) is 1.85. The predicted octanol–water partition coefficient (Wildman–Crippen LogP) is 4.04. The van der Waals surface area contributed by atoms with Crippen LogP contribution in [0.15, 0.2) is 48.7 Å². The molecule has 1 atom stereocenters. The fourth-order valence-electron chi connectivity index (χ4n) is 1.85. The molecule has 0 saturated carbocycles. The number of nitrogens with zero attached hydrogens (tertiary/aromatic N) is 1. The molecule has 19 heavy (non-hydrogen) atoms. The van der Waals surface area contributed by atoms with E-state index in [-0.39, 0.29) is 6.04 Å². The molecule has 3 nitrogen and oxygen atoms in total. The molecule has 0 saturated heterocycles. The molecule has 3 heteroatoms. The van der Waals surface area contributed by atoms with Crippen LogP contribution >= 0.6 is 0 Å². The minimum absolute atomic E-state index is 0.169. The Kier molecular flexibility index (Phi) is 4.78. The quantitative estimate of drug-likeness (QED) is 0.846. The van der Waals surface area contributed by atoms with Crippen LogP contribution in [0.25, 0.3) is 0 Å². The molecule has 0 spiro atoms. The number of hydrogen-bond donors (Lipinski definition) is 1. The number of hydrogen-bond acceptors (Lipinski definition) is 3. The van der Waals surface area contributed by atoms with Crippen LogP contribution in [0, 0.1) is 0 Å². The first kappa shape index (κ1) is 13.4. The molecule has 0 amide bonds. The summed E-state index contributed by atoms with van der Waals surface area (Å²) >= 11 is 0. The van der Waals surface area contributed by atoms with Crippen molar-refractivity contribution in [1.29, 1.82) is 0 Å². The second kappa shape index (κ2) is 6.78. The first-order valence-corrected chi connectivity index (χ1v) is 6.70. The molecule has 0 aliphatic carbocycles. The molecule has 0 fully saturated rings. The van der Waals surface area contributed by atoms with Gasteiger partial charge in [0.2, 0.25) is 0 Å². The number of ether oxygens (including phenoxy) is 1. The standard InChI is InChI=1S/C16H20N2O/c1-3-11-19-15-8-6-7-14(12-15)18-13(2)16-9-4-5-10-17-16/h4-10,12-13,18H,3,11H2,1-2H3. The highest BCUT2D eigenvalue weighted by atomic mass is 16.5. The van der Waals surface area contributed by atoms with Gasteiger partial charge in [0.15, 0.2) is 0 Å². The van der Waals surface area contributed by atoms with Crippen molar-refractivity contribution in [2.45, 2.75) is 26.3 Å². The molecule has 2 aromatic rings. The summed E-state index contributed by atoms with van der Waals surface area (Å²) in [7, 11) is 0. The van der Waals surface area contributed by atoms with Crippen molar-refractivity contribution < 1.29 is 4.74 Å². The SMILES string of the molecule is CCCOc1cccc(NC(C)c2ccccn2)c1. The van der Waals surface area contributed by atoms with Crippen molar-refractivity contribution >= 4 is 5.69 Å². The van der Waals surface area contributed by atoms with Gasteiger partial charge >= 0.3 is 0 Å². The summed E-state index contributed by atoms with van der Waals surface area (Å²) in [6, 6.07) is 14.2. The zero-order chi connectivity index (χ0) is 13.5. The van der Waals surface area contributed by atoms with E-state index < -0.39 is 0 Å². The third kappa shape index (κ3) is 3.98. The topological polar surface area (TPSA) is 34.1 Å². The Hall–Kier alpha value is -2.03. The van der Waals surface area contributed by atoms with Gasteiger partial charge in [0.25, 0.3) is 0 Å². The number of aromatic nitrogens is 1. The molecule has 1 heterocycles. The third-order valence-electron chi connectivity index (χ3n) is 2.82. The van der Waals surface area contributed by atoms with Crippen LogP contribution in [-0.2, 0) is 0 Å². The summed E-state index contributed by atoms with van der Waals surface area (Å²) in [6.45, 7) is 4.95. The summed E-state index contributed by atoms with van der Waals surface area (Å²) in [5, 5.41) is 3.43. The second-order valence-corrected chi connectivity index (χ2v) is 4.50. The van der Waals surface area contributed by atoms with Gasteiger partial charge in [-0.15, -0.1) is 0 Å². The van der Waals surface area contributed by atoms with Gasteiger partial charge in [-0.3, -0.25) is 4.98 Å². The van der Waals surface area contributed by atoms with E-state index in [4.69, 9.17) is 4.74 Å². The molecule has 1 unspecified atom stereocenters. The highest BCUT2D eigenvalue weighted by molar-refractivity contribution is 5.49. The second-order valence-electron chi connectivity index (χ2n) is 4.50. The average molecular weight is 256 g/mol. The van der Waals surface area contributed by atoms with Crippen LogP contribution in [0.2, 0.25) is 0 Å². The molecule has 0 bridgehead atoms. The van der Waals surface area contributed by atoms with Crippen LogP contribution in [0.1, 0.15) is 32.0 Å². The van der Waals surface area contributed by atoms with E-state index in [1.54, 1.807) is 0 Å². The van der Waals surface area contributed by atoms with Crippen LogP contribution in [0.4, 0.5) is 5.69 Å². The summed E-state index contributed by atoms with van der Waals surface area (Å²) < 4.78 is 5.63. The van der Waals surface area contributed by atoms with E-state index in [2.05, 4.69) is 24.1 Å². The number of pyridine rings is 1. The van der Waals surface area contributed by atoms with Crippen LogP contribution in [0.3, 0.4) is 0 Å². The summed E-state index contributed by atoms with van der Waals surface area (Å²) in [5.41, 5.74) is 2.08. The number of anilines is 1. The monoisotopic (exact) mass is 256 g/mol. The van der Waals surface area contributed by atoms with E-state index in [1.807, 2.05) is 48.7 Å². The van der Waals surface area contributed by atoms with Crippen LogP contribution < -0.4 is 10.1 Å². The van der Waals surface area contributed by atoms with E-state index in [0.29, 0.717) is 0 Å². The number of nitrogens with one attached hydrogen (secondary N) is 1. The predicted molar refractivity (Wildman–Crippen MR) is 78.5 cm³/mol. The van der Waals surface area contributed by atoms with Crippen LogP contribution in [-0.4, -0.2) is 11.6 Å². The minimum atomic E-state index is 0.169. The molecule has 100 valence electrons. The highest BCUT2D eigenvalue weighted by Gasteiger charge is 2.06. The van der Waals surface area contributed by atoms with E-state index in [1.165, 1.54) is 0 Å². The Labute approximate surface area is 114 Å². The van der Waals surface area contributed by atoms with Crippen molar-refractivity contribution in [3.8, 4) is 5.75 Å². The molecule has 0 aliphatic rings. The number of benzene rings is 1. The van der Waals surface area contributed by atoms with Gasteiger partial charge in [-0.2, -0.15) is 0 Å². The average Bonchev–Trinajstić information content (AvgIpc) is 2.46. The summed E-state index contributed by atoms with van der Waals surface area (Å²) in [4.78, 5) is 4.35. The van der Waals surface area contributed by atoms with E-state index in [9.17, 15) is 0 Å². The smallest absolute Gasteiger partial charge is 0.121 e. The lowest BCUT2D eigenvalue weighted by Crippen LogP contribution is -2.08. The Morgan fingerprint density at radius 2 is 2.11 bits per heavy atom. The zero-order valence-electron chi connectivity index (χ0n) is 11.5. The van der Waals surface area contributed by atoms with Crippen molar-refractivity contribution in [3.05, 3.63) is 54.4 Å². The number of rotatable bonds is 6. The lowest BCUT2D eigenvalue weighted by Gasteiger charge is -2.15. The van der Waals surface area contributed by atoms with Crippen LogP contribution in [0.5, 0.6) is 5.75 Å². The van der Waals surface area contributed by atoms with Crippen molar-refractivity contribution in [2.24, 2.45) is 0 Å². The maximum Gasteiger partial charge on any atom is 0.121 e. The molecule has 1 aromatic carbocycles. The molecular formula is C16H20N2O. The molecule has 0 radical (unpaired) electrons. The van der Waals surface area contributed by atoms with Crippen molar-refractivity contribution in [3.63, 3.8) is 0 Å². The molecule has 1 aromatic heterocycles. The van der Waals surface area contributed by atoms with Gasteiger partial charge in [0.05, 0.1) is 18.3 Å². The summed E-state index contributed by atoms with van der Waals surface area (Å²) in [6.07, 6.45) is 2.83. The maximum atomic E-state index is 5.63. The first-order valence-electron chi connectivity index (χ1n) is 6.70. The first-order chi connectivity index (χ1) is 9.29. The highest BCUT2D eigenvalue weighted by Crippen LogP contribution is 2.21. The largest absolute Gasteiger partial charge is 0.494 e.